The maximum atomic E-state index is 13.0. The molecule has 0 saturated carbocycles. The van der Waals surface area contributed by atoms with Crippen LogP contribution in [0.4, 0.5) is 16.2 Å². The quantitative estimate of drug-likeness (QED) is 0.694. The van der Waals surface area contributed by atoms with Gasteiger partial charge in [0.05, 0.1) is 11.4 Å². The molecule has 4 amide bonds. The predicted molar refractivity (Wildman–Crippen MR) is 120 cm³/mol. The summed E-state index contributed by atoms with van der Waals surface area (Å²) in [6, 6.07) is 13.8. The molecule has 162 valence electrons. The smallest absolute Gasteiger partial charge is 0.325 e. The van der Waals surface area contributed by atoms with Gasteiger partial charge in [0.1, 0.15) is 12.1 Å². The minimum atomic E-state index is -1.20. The van der Waals surface area contributed by atoms with Gasteiger partial charge in [-0.25, -0.2) is 4.79 Å². The minimum absolute atomic E-state index is 0.376. The zero-order valence-corrected chi connectivity index (χ0v) is 18.1. The highest BCUT2D eigenvalue weighted by molar-refractivity contribution is 6.31. The summed E-state index contributed by atoms with van der Waals surface area (Å²) >= 11 is 6.16. The van der Waals surface area contributed by atoms with Crippen LogP contribution in [0.1, 0.15) is 31.7 Å². The molecule has 2 aliphatic rings. The van der Waals surface area contributed by atoms with Crippen LogP contribution in [0.15, 0.2) is 48.5 Å². The largest absolute Gasteiger partial charge is 0.370 e. The Labute approximate surface area is 186 Å². The molecule has 31 heavy (non-hydrogen) atoms. The number of halogens is 1. The van der Waals surface area contributed by atoms with E-state index in [1.54, 1.807) is 43.3 Å². The summed E-state index contributed by atoms with van der Waals surface area (Å²) < 4.78 is 0. The molecule has 0 spiro atoms. The fourth-order valence-corrected chi connectivity index (χ4v) is 4.33. The molecule has 2 aliphatic heterocycles. The van der Waals surface area contributed by atoms with Gasteiger partial charge in [-0.2, -0.15) is 0 Å². The topological polar surface area (TPSA) is 81.8 Å². The van der Waals surface area contributed by atoms with Crippen molar-refractivity contribution in [2.75, 3.05) is 29.9 Å². The van der Waals surface area contributed by atoms with Crippen molar-refractivity contribution in [3.63, 3.8) is 0 Å². The number of nitrogens with zero attached hydrogens (tertiary/aromatic N) is 2. The average Bonchev–Trinajstić information content (AvgIpc) is 2.99. The fraction of sp³-hybridized carbons (Fsp3) is 0.348. The molecule has 2 N–H and O–H groups in total. The Kier molecular flexibility index (Phi) is 5.87. The third kappa shape index (κ3) is 4.23. The zero-order chi connectivity index (χ0) is 22.0. The number of carbonyl (C=O) groups is 3. The first-order valence-electron chi connectivity index (χ1n) is 10.4. The Bertz CT molecular complexity index is 1010. The lowest BCUT2D eigenvalue weighted by atomic mass is 9.92. The normalized spacial score (nSPS) is 21.2. The first-order chi connectivity index (χ1) is 14.9. The van der Waals surface area contributed by atoms with Gasteiger partial charge in [0.2, 0.25) is 5.91 Å². The number of anilines is 2. The number of hydrogen-bond acceptors (Lipinski definition) is 4. The SMILES string of the molecule is C[C@@]1(c2ccccc2)NC(=O)N(CC(=O)Nc2cc(Cl)ccc2N2CCCCC2)C1=O. The van der Waals surface area contributed by atoms with Gasteiger partial charge in [0.15, 0.2) is 0 Å². The number of piperidine rings is 1. The van der Waals surface area contributed by atoms with Crippen LogP contribution in [0, 0.1) is 0 Å². The molecule has 0 bridgehead atoms. The zero-order valence-electron chi connectivity index (χ0n) is 17.4. The van der Waals surface area contributed by atoms with Crippen LogP contribution in [0.3, 0.4) is 0 Å². The molecule has 2 saturated heterocycles. The van der Waals surface area contributed by atoms with Crippen molar-refractivity contribution in [2.24, 2.45) is 0 Å². The number of carbonyl (C=O) groups excluding carboxylic acids is 3. The lowest BCUT2D eigenvalue weighted by molar-refractivity contribution is -0.133. The number of rotatable bonds is 5. The van der Waals surface area contributed by atoms with E-state index in [-0.39, 0.29) is 6.54 Å². The number of imide groups is 1. The molecule has 0 aromatic heterocycles. The second kappa shape index (κ2) is 8.59. The van der Waals surface area contributed by atoms with Crippen molar-refractivity contribution >= 4 is 40.8 Å². The summed E-state index contributed by atoms with van der Waals surface area (Å²) in [6.45, 7) is 3.09. The fourth-order valence-electron chi connectivity index (χ4n) is 4.16. The number of benzene rings is 2. The summed E-state index contributed by atoms with van der Waals surface area (Å²) in [4.78, 5) is 41.5. The van der Waals surface area contributed by atoms with Crippen molar-refractivity contribution in [3.05, 3.63) is 59.1 Å². The van der Waals surface area contributed by atoms with Crippen molar-refractivity contribution in [1.29, 1.82) is 0 Å². The van der Waals surface area contributed by atoms with Crippen molar-refractivity contribution in [2.45, 2.75) is 31.7 Å². The molecule has 1 atom stereocenters. The minimum Gasteiger partial charge on any atom is -0.370 e. The Balaban J connectivity index is 1.50. The summed E-state index contributed by atoms with van der Waals surface area (Å²) in [7, 11) is 0. The second-order valence-electron chi connectivity index (χ2n) is 8.07. The van der Waals surface area contributed by atoms with Crippen molar-refractivity contribution < 1.29 is 14.4 Å². The number of urea groups is 1. The van der Waals surface area contributed by atoms with E-state index in [0.717, 1.165) is 36.5 Å². The summed E-state index contributed by atoms with van der Waals surface area (Å²) in [6.07, 6.45) is 3.38. The third-order valence-electron chi connectivity index (χ3n) is 5.86. The summed E-state index contributed by atoms with van der Waals surface area (Å²) in [5, 5.41) is 6.06. The van der Waals surface area contributed by atoms with Gasteiger partial charge < -0.3 is 15.5 Å². The molecule has 2 aromatic rings. The first-order valence-corrected chi connectivity index (χ1v) is 10.8. The Morgan fingerprint density at radius 3 is 2.52 bits per heavy atom. The van der Waals surface area contributed by atoms with E-state index < -0.39 is 23.4 Å². The van der Waals surface area contributed by atoms with E-state index in [4.69, 9.17) is 11.6 Å². The molecular formula is C23H25ClN4O3. The third-order valence-corrected chi connectivity index (χ3v) is 6.09. The Hall–Kier alpha value is -3.06. The molecule has 2 aromatic carbocycles. The van der Waals surface area contributed by atoms with E-state index in [2.05, 4.69) is 15.5 Å². The molecule has 7 nitrogen and oxygen atoms in total. The van der Waals surface area contributed by atoms with E-state index in [1.165, 1.54) is 6.42 Å². The van der Waals surface area contributed by atoms with Crippen LogP contribution in [0.2, 0.25) is 5.02 Å². The van der Waals surface area contributed by atoms with Gasteiger partial charge in [0.25, 0.3) is 5.91 Å². The van der Waals surface area contributed by atoms with Crippen LogP contribution in [0.5, 0.6) is 0 Å². The Morgan fingerprint density at radius 1 is 1.10 bits per heavy atom. The van der Waals surface area contributed by atoms with Gasteiger partial charge in [-0.3, -0.25) is 14.5 Å². The van der Waals surface area contributed by atoms with E-state index >= 15 is 0 Å². The molecule has 0 unspecified atom stereocenters. The van der Waals surface area contributed by atoms with Crippen LogP contribution in [-0.4, -0.2) is 42.4 Å². The highest BCUT2D eigenvalue weighted by Crippen LogP contribution is 2.32. The molecule has 2 heterocycles. The van der Waals surface area contributed by atoms with Crippen molar-refractivity contribution in [3.8, 4) is 0 Å². The highest BCUT2D eigenvalue weighted by atomic mass is 35.5. The van der Waals surface area contributed by atoms with E-state index in [1.807, 2.05) is 12.1 Å². The lowest BCUT2D eigenvalue weighted by Gasteiger charge is -2.30. The van der Waals surface area contributed by atoms with Gasteiger partial charge in [-0.05, 0) is 49.9 Å². The van der Waals surface area contributed by atoms with E-state index in [9.17, 15) is 14.4 Å². The summed E-state index contributed by atoms with van der Waals surface area (Å²) in [5.74, 6) is -0.914. The first kappa shape index (κ1) is 21.2. The number of nitrogens with one attached hydrogen (secondary N) is 2. The standard InChI is InChI=1S/C23H25ClN4O3/c1-23(16-8-4-2-5-9-16)21(30)28(22(31)26-23)15-20(29)25-18-14-17(24)10-11-19(18)27-12-6-3-7-13-27/h2,4-5,8-11,14H,3,6-7,12-13,15H2,1H3,(H,25,29)(H,26,31)/t23-/m0/s1. The van der Waals surface area contributed by atoms with Gasteiger partial charge in [-0.1, -0.05) is 41.9 Å². The van der Waals surface area contributed by atoms with Gasteiger partial charge >= 0.3 is 6.03 Å². The molecular weight excluding hydrogens is 416 g/mol. The van der Waals surface area contributed by atoms with Gasteiger partial charge in [0, 0.05) is 18.1 Å². The van der Waals surface area contributed by atoms with Crippen LogP contribution < -0.4 is 15.5 Å². The molecule has 0 radical (unpaired) electrons. The maximum Gasteiger partial charge on any atom is 0.325 e. The Morgan fingerprint density at radius 2 is 1.81 bits per heavy atom. The molecule has 2 fully saturated rings. The molecule has 8 heteroatoms. The molecule has 4 rings (SSSR count). The molecule has 0 aliphatic carbocycles. The predicted octanol–water partition coefficient (Wildman–Crippen LogP) is 3.74. The monoisotopic (exact) mass is 440 g/mol. The van der Waals surface area contributed by atoms with Crippen LogP contribution >= 0.6 is 11.6 Å². The number of amides is 4. The lowest BCUT2D eigenvalue weighted by Crippen LogP contribution is -2.42. The van der Waals surface area contributed by atoms with E-state index in [0.29, 0.717) is 16.3 Å². The van der Waals surface area contributed by atoms with Crippen LogP contribution in [-0.2, 0) is 15.1 Å². The van der Waals surface area contributed by atoms with Gasteiger partial charge in [-0.15, -0.1) is 0 Å². The highest BCUT2D eigenvalue weighted by Gasteiger charge is 2.49. The maximum absolute atomic E-state index is 13.0. The van der Waals surface area contributed by atoms with Crippen LogP contribution in [0.25, 0.3) is 0 Å². The number of hydrogen-bond donors (Lipinski definition) is 2. The van der Waals surface area contributed by atoms with Crippen molar-refractivity contribution in [1.82, 2.24) is 10.2 Å². The second-order valence-corrected chi connectivity index (χ2v) is 8.51. The average molecular weight is 441 g/mol. The summed E-state index contributed by atoms with van der Waals surface area (Å²) in [5.41, 5.74) is 0.938.